The van der Waals surface area contributed by atoms with E-state index in [0.717, 1.165) is 11.1 Å². The SMILES string of the molecule is CO[C@@H]1[C@H]2OC(C)(C)O[C@H]2O[C@@H]1[C@H](CC(N)=O)N(C(=O)Nc1ccccc1C)C1O[C@H]2OC(C)(C)O[C@H]2[C@@H]1OCc1ccccc1. The number of rotatable bonds is 10. The van der Waals surface area contributed by atoms with Gasteiger partial charge in [-0.15, -0.1) is 0 Å². The largest absolute Gasteiger partial charge is 0.376 e. The second-order valence-corrected chi connectivity index (χ2v) is 12.9. The first-order valence-corrected chi connectivity index (χ1v) is 15.5. The zero-order chi connectivity index (χ0) is 32.8. The molecule has 1 unspecified atom stereocenters. The van der Waals surface area contributed by atoms with Crippen LogP contribution in [0, 0.1) is 6.92 Å². The molecule has 0 spiro atoms. The van der Waals surface area contributed by atoms with Crippen LogP contribution in [0.3, 0.4) is 0 Å². The van der Waals surface area contributed by atoms with Crippen LogP contribution < -0.4 is 11.1 Å². The molecule has 2 aromatic carbocycles. The number of amides is 3. The second kappa shape index (κ2) is 12.8. The number of nitrogens with zero attached hydrogens (tertiary/aromatic N) is 1. The molecule has 4 fully saturated rings. The maximum atomic E-state index is 14.5. The summed E-state index contributed by atoms with van der Waals surface area (Å²) in [5.74, 6) is -2.53. The standard InChI is InChI=1S/C33H43N3O10/c1-18-12-10-11-15-20(18)35-31(38)36(21(16-22(34)37)23-24(39-6)26-29(41-23)45-32(2,3)43-26)28-25(40-17-19-13-8-7-9-14-19)27-30(42-28)46-33(4,5)44-27/h7-15,21,23-30H,16-17H2,1-6H3,(H2,34,37)(H,35,38)/t21-,23+,24-,25-,26+,27-,28?,29+,30-/m0/s1. The zero-order valence-corrected chi connectivity index (χ0v) is 26.9. The first-order chi connectivity index (χ1) is 21.9. The highest BCUT2D eigenvalue weighted by Crippen LogP contribution is 2.44. The topological polar surface area (TPSA) is 149 Å². The van der Waals surface area contributed by atoms with Crippen LogP contribution in [0.1, 0.15) is 45.2 Å². The number of benzene rings is 2. The van der Waals surface area contributed by atoms with E-state index in [9.17, 15) is 9.59 Å². The van der Waals surface area contributed by atoms with Crippen LogP contribution in [0.2, 0.25) is 0 Å². The van der Waals surface area contributed by atoms with Gasteiger partial charge in [-0.3, -0.25) is 9.69 Å². The van der Waals surface area contributed by atoms with Gasteiger partial charge in [0.25, 0.3) is 0 Å². The number of fused-ring (bicyclic) bond motifs is 2. The molecule has 0 saturated carbocycles. The molecule has 250 valence electrons. The molecular weight excluding hydrogens is 598 g/mol. The predicted octanol–water partition coefficient (Wildman–Crippen LogP) is 3.38. The lowest BCUT2D eigenvalue weighted by Crippen LogP contribution is -2.61. The summed E-state index contributed by atoms with van der Waals surface area (Å²) < 4.78 is 49.7. The summed E-state index contributed by atoms with van der Waals surface area (Å²) in [7, 11) is 1.52. The van der Waals surface area contributed by atoms with Crippen LogP contribution in [0.4, 0.5) is 10.5 Å². The second-order valence-electron chi connectivity index (χ2n) is 12.9. The predicted molar refractivity (Wildman–Crippen MR) is 163 cm³/mol. The maximum absolute atomic E-state index is 14.5. The molecule has 46 heavy (non-hydrogen) atoms. The fraction of sp³-hybridized carbons (Fsp3) is 0.576. The van der Waals surface area contributed by atoms with Gasteiger partial charge < -0.3 is 48.9 Å². The van der Waals surface area contributed by atoms with E-state index in [2.05, 4.69) is 5.32 Å². The first-order valence-electron chi connectivity index (χ1n) is 15.5. The lowest BCUT2D eigenvalue weighted by Gasteiger charge is -2.42. The van der Waals surface area contributed by atoms with Crippen LogP contribution >= 0.6 is 0 Å². The molecule has 0 radical (unpaired) electrons. The van der Waals surface area contributed by atoms with Crippen molar-refractivity contribution in [1.29, 1.82) is 0 Å². The number of ether oxygens (including phenoxy) is 8. The molecule has 0 bridgehead atoms. The van der Waals surface area contributed by atoms with Crippen molar-refractivity contribution in [2.24, 2.45) is 5.73 Å². The van der Waals surface area contributed by atoms with Gasteiger partial charge in [0.2, 0.25) is 5.91 Å². The van der Waals surface area contributed by atoms with E-state index in [1.807, 2.05) is 55.5 Å². The molecule has 6 rings (SSSR count). The minimum absolute atomic E-state index is 0.202. The van der Waals surface area contributed by atoms with E-state index in [1.54, 1.807) is 33.8 Å². The molecule has 13 heteroatoms. The number of anilines is 1. The molecule has 9 atom stereocenters. The lowest BCUT2D eigenvalue weighted by atomic mass is 9.97. The lowest BCUT2D eigenvalue weighted by molar-refractivity contribution is -0.248. The summed E-state index contributed by atoms with van der Waals surface area (Å²) in [4.78, 5) is 28.7. The number of para-hydroxylation sites is 1. The van der Waals surface area contributed by atoms with E-state index in [1.165, 1.54) is 12.0 Å². The molecule has 13 nitrogen and oxygen atoms in total. The van der Waals surface area contributed by atoms with Crippen LogP contribution in [0.15, 0.2) is 54.6 Å². The summed E-state index contributed by atoms with van der Waals surface area (Å²) in [6.45, 7) is 9.21. The summed E-state index contributed by atoms with van der Waals surface area (Å²) in [5.41, 5.74) is 8.16. The van der Waals surface area contributed by atoms with Gasteiger partial charge in [0.1, 0.15) is 30.5 Å². The molecule has 0 aliphatic carbocycles. The Morgan fingerprint density at radius 1 is 0.891 bits per heavy atom. The molecule has 4 aliphatic rings. The van der Waals surface area contributed by atoms with Crippen molar-refractivity contribution in [3.8, 4) is 0 Å². The van der Waals surface area contributed by atoms with Crippen molar-refractivity contribution in [3.63, 3.8) is 0 Å². The van der Waals surface area contributed by atoms with Crippen LogP contribution in [0.25, 0.3) is 0 Å². The van der Waals surface area contributed by atoms with Gasteiger partial charge in [0.15, 0.2) is 30.4 Å². The maximum Gasteiger partial charge on any atom is 0.324 e. The van der Waals surface area contributed by atoms with E-state index >= 15 is 0 Å². The van der Waals surface area contributed by atoms with Crippen molar-refractivity contribution in [2.75, 3.05) is 12.4 Å². The van der Waals surface area contributed by atoms with Crippen LogP contribution in [-0.2, 0) is 49.3 Å². The van der Waals surface area contributed by atoms with Crippen molar-refractivity contribution in [1.82, 2.24) is 4.90 Å². The van der Waals surface area contributed by atoms with Crippen LogP contribution in [-0.4, -0.2) is 90.9 Å². The fourth-order valence-electron chi connectivity index (χ4n) is 6.64. The Labute approximate surface area is 268 Å². The normalized spacial score (nSPS) is 32.9. The zero-order valence-electron chi connectivity index (χ0n) is 26.9. The molecule has 3 N–H and O–H groups in total. The molecule has 4 heterocycles. The third-order valence-electron chi connectivity index (χ3n) is 8.59. The smallest absolute Gasteiger partial charge is 0.324 e. The number of nitrogens with two attached hydrogens (primary N) is 1. The van der Waals surface area contributed by atoms with Gasteiger partial charge >= 0.3 is 6.03 Å². The summed E-state index contributed by atoms with van der Waals surface area (Å²) in [6, 6.07) is 15.4. The number of hydrogen-bond acceptors (Lipinski definition) is 10. The van der Waals surface area contributed by atoms with E-state index < -0.39 is 78.9 Å². The number of carbonyl (C=O) groups excluding carboxylic acids is 2. The average Bonchev–Trinajstić information content (AvgIpc) is 3.67. The Morgan fingerprint density at radius 2 is 1.50 bits per heavy atom. The molecule has 0 aromatic heterocycles. The number of aryl methyl sites for hydroxylation is 1. The van der Waals surface area contributed by atoms with Crippen molar-refractivity contribution >= 4 is 17.6 Å². The van der Waals surface area contributed by atoms with Gasteiger partial charge in [-0.05, 0) is 51.8 Å². The summed E-state index contributed by atoms with van der Waals surface area (Å²) >= 11 is 0. The molecule has 4 aliphatic heterocycles. The van der Waals surface area contributed by atoms with E-state index in [-0.39, 0.29) is 13.0 Å². The minimum Gasteiger partial charge on any atom is -0.376 e. The average molecular weight is 642 g/mol. The molecule has 4 saturated heterocycles. The number of urea groups is 1. The Bertz CT molecular complexity index is 1410. The third-order valence-corrected chi connectivity index (χ3v) is 8.59. The Hall–Kier alpha value is -3.14. The van der Waals surface area contributed by atoms with Gasteiger partial charge in [-0.1, -0.05) is 48.5 Å². The Kier molecular flexibility index (Phi) is 9.13. The summed E-state index contributed by atoms with van der Waals surface area (Å²) in [5, 5.41) is 3.00. The highest BCUT2D eigenvalue weighted by atomic mass is 16.9. The van der Waals surface area contributed by atoms with Crippen LogP contribution in [0.5, 0.6) is 0 Å². The number of hydrogen-bond donors (Lipinski definition) is 2. The highest BCUT2D eigenvalue weighted by Gasteiger charge is 2.62. The molecular formula is C33H43N3O10. The highest BCUT2D eigenvalue weighted by molar-refractivity contribution is 5.91. The number of methoxy groups -OCH3 is 1. The van der Waals surface area contributed by atoms with E-state index in [4.69, 9.17) is 43.6 Å². The van der Waals surface area contributed by atoms with Gasteiger partial charge in [0, 0.05) is 19.2 Å². The first kappa shape index (κ1) is 32.8. The molecule has 3 amide bonds. The monoisotopic (exact) mass is 641 g/mol. The Morgan fingerprint density at radius 3 is 2.13 bits per heavy atom. The van der Waals surface area contributed by atoms with Crippen molar-refractivity contribution in [3.05, 3.63) is 65.7 Å². The van der Waals surface area contributed by atoms with Crippen molar-refractivity contribution < 1.29 is 47.5 Å². The molecule has 2 aromatic rings. The number of nitrogens with one attached hydrogen (secondary N) is 1. The van der Waals surface area contributed by atoms with Crippen molar-refractivity contribution in [2.45, 2.75) is 115 Å². The van der Waals surface area contributed by atoms with Gasteiger partial charge in [-0.2, -0.15) is 0 Å². The number of carbonyl (C=O) groups is 2. The number of primary amides is 1. The third kappa shape index (κ3) is 6.64. The summed E-state index contributed by atoms with van der Waals surface area (Å²) in [6.07, 6.45) is -6.82. The minimum atomic E-state index is -1.09. The van der Waals surface area contributed by atoms with Gasteiger partial charge in [-0.25, -0.2) is 4.79 Å². The Balaban J connectivity index is 1.39. The van der Waals surface area contributed by atoms with Gasteiger partial charge in [0.05, 0.1) is 12.6 Å². The fourth-order valence-corrected chi connectivity index (χ4v) is 6.64. The van der Waals surface area contributed by atoms with E-state index in [0.29, 0.717) is 5.69 Å². The quantitative estimate of drug-likeness (QED) is 0.395.